The Hall–Kier alpha value is -3.72. The smallest absolute Gasteiger partial charge is 0.362 e. The molecule has 20 heteroatoms. The van der Waals surface area contributed by atoms with Gasteiger partial charge in [0.05, 0.1) is 24.5 Å². The number of rotatable bonds is 14. The number of carboxylic acids is 1. The first-order valence-electron chi connectivity index (χ1n) is 12.0. The highest BCUT2D eigenvalue weighted by atomic mass is 32.2. The van der Waals surface area contributed by atoms with Gasteiger partial charge in [0.2, 0.25) is 5.60 Å². The van der Waals surface area contributed by atoms with Gasteiger partial charge in [-0.3, -0.25) is 14.1 Å². The topological polar surface area (TPSA) is 270 Å². The van der Waals surface area contributed by atoms with Crippen LogP contribution in [0, 0.1) is 0 Å². The van der Waals surface area contributed by atoms with Gasteiger partial charge in [-0.05, 0) is 26.4 Å². The molecule has 3 heterocycles. The molecule has 0 spiro atoms. The van der Waals surface area contributed by atoms with E-state index in [9.17, 15) is 32.5 Å². The largest absolute Gasteiger partial charge is 0.478 e. The van der Waals surface area contributed by atoms with Crippen molar-refractivity contribution in [2.45, 2.75) is 56.5 Å². The second kappa shape index (κ2) is 11.4. The molecule has 2 fully saturated rings. The van der Waals surface area contributed by atoms with Crippen LogP contribution in [-0.4, -0.2) is 96.6 Å². The Kier molecular flexibility index (Phi) is 8.35. The zero-order valence-electron chi connectivity index (χ0n) is 21.1. The Balaban J connectivity index is 1.53. The molecule has 1 saturated heterocycles. The highest BCUT2D eigenvalue weighted by molar-refractivity contribution is 7.84. The van der Waals surface area contributed by atoms with E-state index in [1.165, 1.54) is 11.6 Å². The number of oxime groups is 1. The van der Waals surface area contributed by atoms with Crippen LogP contribution in [0.2, 0.25) is 0 Å². The lowest BCUT2D eigenvalue weighted by atomic mass is 9.98. The van der Waals surface area contributed by atoms with Crippen molar-refractivity contribution in [2.75, 3.05) is 18.8 Å². The van der Waals surface area contributed by atoms with E-state index >= 15 is 0 Å². The fraction of sp³-hybridized carbons (Fsp3) is 0.550. The van der Waals surface area contributed by atoms with Gasteiger partial charge >= 0.3 is 16.3 Å². The van der Waals surface area contributed by atoms with Crippen LogP contribution in [0.3, 0.4) is 0 Å². The number of thiazole rings is 1. The van der Waals surface area contributed by atoms with E-state index in [-0.39, 0.29) is 40.6 Å². The van der Waals surface area contributed by atoms with Crippen LogP contribution in [0.15, 0.2) is 16.7 Å². The van der Waals surface area contributed by atoms with Crippen LogP contribution < -0.4 is 22.1 Å². The Morgan fingerprint density at radius 3 is 2.70 bits per heavy atom. The second-order valence-corrected chi connectivity index (χ2v) is 11.4. The normalized spacial score (nSPS) is 21.0. The standard InChI is InChI=1S/C20H28N10O8S2/c1-10(23-6-2-5-21)11-7-24-29(27-11)8-13-15(17(32)30(13)40(35,36)37)26-16(31)14(12-9-39-19(22)25-12)28-38-20(3-4-20)18(33)34/h7,9-10,13,15,23H,2-6,8,21H2,1H3,(H2,22,25)(H,26,31)(H,33,34)(H,35,36,37). The molecule has 1 aliphatic carbocycles. The van der Waals surface area contributed by atoms with Gasteiger partial charge in [-0.1, -0.05) is 5.16 Å². The molecule has 218 valence electrons. The van der Waals surface area contributed by atoms with Crippen molar-refractivity contribution < 1.29 is 37.3 Å². The van der Waals surface area contributed by atoms with Gasteiger partial charge < -0.3 is 32.0 Å². The molecule has 40 heavy (non-hydrogen) atoms. The average Bonchev–Trinajstić information content (AvgIpc) is 3.32. The highest BCUT2D eigenvalue weighted by Crippen LogP contribution is 2.40. The zero-order chi connectivity index (χ0) is 29.2. The Morgan fingerprint density at radius 2 is 2.12 bits per heavy atom. The maximum Gasteiger partial charge on any atom is 0.362 e. The Morgan fingerprint density at radius 1 is 1.40 bits per heavy atom. The van der Waals surface area contributed by atoms with Gasteiger partial charge in [-0.15, -0.1) is 11.3 Å². The van der Waals surface area contributed by atoms with Crippen LogP contribution in [0.5, 0.6) is 0 Å². The SMILES string of the molecule is CC(NCCCN)c1cnn(CC2C(NC(=O)C(=NOC3(C(=O)O)CC3)c3csc(N)n3)C(=O)N2S(=O)(=O)O)n1. The zero-order valence-corrected chi connectivity index (χ0v) is 22.8. The Bertz CT molecular complexity index is 1420. The number of hydrogen-bond donors (Lipinski definition) is 6. The molecule has 4 rings (SSSR count). The van der Waals surface area contributed by atoms with Crippen molar-refractivity contribution in [3.63, 3.8) is 0 Å². The summed E-state index contributed by atoms with van der Waals surface area (Å²) in [7, 11) is -4.99. The van der Waals surface area contributed by atoms with E-state index in [0.29, 0.717) is 18.8 Å². The van der Waals surface area contributed by atoms with E-state index in [1.54, 1.807) is 0 Å². The van der Waals surface area contributed by atoms with Crippen molar-refractivity contribution in [1.82, 2.24) is 34.9 Å². The van der Waals surface area contributed by atoms with Crippen LogP contribution in [0.1, 0.15) is 43.6 Å². The van der Waals surface area contributed by atoms with E-state index in [0.717, 1.165) is 22.6 Å². The predicted octanol–water partition coefficient (Wildman–Crippen LogP) is -2.15. The highest BCUT2D eigenvalue weighted by Gasteiger charge is 2.56. The molecule has 0 aromatic carbocycles. The number of carbonyl (C=O) groups is 3. The minimum absolute atomic E-state index is 0.0503. The number of nitrogens with one attached hydrogen (secondary N) is 2. The number of carboxylic acid groups (broad SMARTS) is 1. The number of nitrogens with zero attached hydrogens (tertiary/aromatic N) is 6. The summed E-state index contributed by atoms with van der Waals surface area (Å²) in [5.74, 6) is -3.40. The minimum atomic E-state index is -4.99. The predicted molar refractivity (Wildman–Crippen MR) is 138 cm³/mol. The van der Waals surface area contributed by atoms with Gasteiger partial charge in [0.1, 0.15) is 17.8 Å². The van der Waals surface area contributed by atoms with Crippen molar-refractivity contribution >= 4 is 50.3 Å². The van der Waals surface area contributed by atoms with Crippen LogP contribution in [0.25, 0.3) is 0 Å². The summed E-state index contributed by atoms with van der Waals surface area (Å²) < 4.78 is 33.7. The van der Waals surface area contributed by atoms with Crippen LogP contribution in [0.4, 0.5) is 5.13 Å². The molecule has 2 aromatic heterocycles. The first-order valence-corrected chi connectivity index (χ1v) is 14.3. The third kappa shape index (κ3) is 6.20. The molecule has 3 atom stereocenters. The summed E-state index contributed by atoms with van der Waals surface area (Å²) in [6.45, 7) is 2.68. The van der Waals surface area contributed by atoms with Crippen molar-refractivity contribution in [2.24, 2.45) is 10.9 Å². The number of β-lactam (4-membered cyclic amide) rings is 1. The second-order valence-electron chi connectivity index (χ2n) is 9.17. The molecule has 2 aliphatic rings. The molecule has 3 unspecified atom stereocenters. The van der Waals surface area contributed by atoms with E-state index in [1.807, 2.05) is 6.92 Å². The quantitative estimate of drug-likeness (QED) is 0.0444. The van der Waals surface area contributed by atoms with Crippen LogP contribution >= 0.6 is 11.3 Å². The summed E-state index contributed by atoms with van der Waals surface area (Å²) in [5.41, 5.74) is 9.57. The van der Waals surface area contributed by atoms with E-state index < -0.39 is 51.5 Å². The summed E-state index contributed by atoms with van der Waals surface area (Å²) in [6.07, 6.45) is 2.55. The van der Waals surface area contributed by atoms with Crippen molar-refractivity contribution in [3.8, 4) is 0 Å². The molecule has 2 aromatic rings. The molecular weight excluding hydrogens is 572 g/mol. The number of amides is 2. The lowest BCUT2D eigenvalue weighted by Gasteiger charge is -2.43. The fourth-order valence-corrected chi connectivity index (χ4v) is 5.25. The summed E-state index contributed by atoms with van der Waals surface area (Å²) >= 11 is 0.976. The number of hydrogen-bond acceptors (Lipinski definition) is 14. The summed E-state index contributed by atoms with van der Waals surface area (Å²) in [5, 5.41) is 28.5. The van der Waals surface area contributed by atoms with Crippen molar-refractivity contribution in [1.29, 1.82) is 0 Å². The third-order valence-corrected chi connectivity index (χ3v) is 7.89. The minimum Gasteiger partial charge on any atom is -0.478 e. The molecule has 2 amide bonds. The fourth-order valence-electron chi connectivity index (χ4n) is 3.83. The molecule has 0 radical (unpaired) electrons. The van der Waals surface area contributed by atoms with Gasteiger partial charge in [0, 0.05) is 18.2 Å². The molecule has 1 saturated carbocycles. The average molecular weight is 601 g/mol. The van der Waals surface area contributed by atoms with Gasteiger partial charge in [0.15, 0.2) is 10.8 Å². The Labute approximate surface area is 231 Å². The maximum atomic E-state index is 13.2. The van der Waals surface area contributed by atoms with Gasteiger partial charge in [-0.25, -0.2) is 14.1 Å². The number of nitrogen functional groups attached to an aromatic ring is 1. The van der Waals surface area contributed by atoms with Gasteiger partial charge in [0.25, 0.3) is 11.8 Å². The maximum absolute atomic E-state index is 13.2. The van der Waals surface area contributed by atoms with E-state index in [4.69, 9.17) is 16.3 Å². The number of aliphatic carboxylic acids is 1. The first kappa shape index (κ1) is 29.3. The van der Waals surface area contributed by atoms with E-state index in [2.05, 4.69) is 31.0 Å². The lowest BCUT2D eigenvalue weighted by molar-refractivity contribution is -0.153. The number of aromatic nitrogens is 4. The third-order valence-electron chi connectivity index (χ3n) is 6.27. The number of carbonyl (C=O) groups excluding carboxylic acids is 2. The number of anilines is 1. The van der Waals surface area contributed by atoms with Crippen molar-refractivity contribution in [3.05, 3.63) is 23.0 Å². The molecule has 8 N–H and O–H groups in total. The monoisotopic (exact) mass is 600 g/mol. The van der Waals surface area contributed by atoms with Gasteiger partial charge in [-0.2, -0.15) is 23.4 Å². The number of nitrogens with two attached hydrogens (primary N) is 2. The summed E-state index contributed by atoms with van der Waals surface area (Å²) in [6, 6.07) is -2.95. The molecule has 18 nitrogen and oxygen atoms in total. The lowest BCUT2D eigenvalue weighted by Crippen LogP contribution is -2.73. The first-order chi connectivity index (χ1) is 18.9. The summed E-state index contributed by atoms with van der Waals surface area (Å²) in [4.78, 5) is 47.6. The molecular formula is C20H28N10O8S2. The van der Waals surface area contributed by atoms with Crippen LogP contribution in [-0.2, 0) is 36.1 Å². The molecule has 1 aliphatic heterocycles. The molecule has 0 bridgehead atoms.